The molecule has 0 radical (unpaired) electrons. The van der Waals surface area contributed by atoms with Gasteiger partial charge in [-0.05, 0) is 53.4 Å². The van der Waals surface area contributed by atoms with Crippen LogP contribution in [-0.2, 0) is 9.47 Å². The van der Waals surface area contributed by atoms with Gasteiger partial charge in [-0.3, -0.25) is 0 Å². The fourth-order valence-corrected chi connectivity index (χ4v) is 5.30. The summed E-state index contributed by atoms with van der Waals surface area (Å²) in [5.41, 5.74) is 6.86. The number of aromatic nitrogens is 4. The van der Waals surface area contributed by atoms with Gasteiger partial charge in [0, 0.05) is 24.6 Å². The van der Waals surface area contributed by atoms with Crippen molar-refractivity contribution in [3.8, 4) is 34.0 Å². The Bertz CT molecular complexity index is 1510. The Balaban J connectivity index is 1.12. The van der Waals surface area contributed by atoms with E-state index in [1.807, 2.05) is 29.1 Å². The molecule has 1 unspecified atom stereocenters. The minimum Gasteiger partial charge on any atom is -0.456 e. The van der Waals surface area contributed by atoms with Crippen LogP contribution in [0.4, 0.5) is 0 Å². The minimum absolute atomic E-state index is 0.0300. The summed E-state index contributed by atoms with van der Waals surface area (Å²) in [6.07, 6.45) is 4.56. The van der Waals surface area contributed by atoms with Gasteiger partial charge in [-0.25, -0.2) is 4.68 Å². The van der Waals surface area contributed by atoms with Crippen molar-refractivity contribution in [2.45, 2.75) is 24.7 Å². The van der Waals surface area contributed by atoms with E-state index in [1.165, 1.54) is 0 Å². The Morgan fingerprint density at radius 3 is 2.53 bits per heavy atom. The summed E-state index contributed by atoms with van der Waals surface area (Å²) in [6.45, 7) is 1.22. The minimum atomic E-state index is -0.158. The van der Waals surface area contributed by atoms with Crippen molar-refractivity contribution in [1.82, 2.24) is 19.7 Å². The zero-order chi connectivity index (χ0) is 24.1. The van der Waals surface area contributed by atoms with E-state index in [0.717, 1.165) is 45.4 Å². The Morgan fingerprint density at radius 2 is 1.75 bits per heavy atom. The van der Waals surface area contributed by atoms with Gasteiger partial charge in [0.2, 0.25) is 0 Å². The molecule has 3 aromatic carbocycles. The largest absolute Gasteiger partial charge is 0.456 e. The van der Waals surface area contributed by atoms with E-state index in [2.05, 4.69) is 63.6 Å². The first kappa shape index (κ1) is 21.6. The molecule has 2 aliphatic heterocycles. The normalized spacial score (nSPS) is 21.2. The number of fused-ring (bicyclic) bond motifs is 2. The Labute approximate surface area is 212 Å². The van der Waals surface area contributed by atoms with E-state index in [0.29, 0.717) is 24.2 Å². The molecule has 1 N–H and O–H groups in total. The highest BCUT2D eigenvalue weighted by Gasteiger charge is 2.43. The SMILES string of the molecule is Clc1cc2[nH]c(OC3CO[C@@H]4CCO[C@H]34)nc2cc1-c1ccc(-c2ccc(-n3cccn3)cc2)cc1. The molecule has 0 spiro atoms. The van der Waals surface area contributed by atoms with Gasteiger partial charge in [0.15, 0.2) is 6.10 Å². The highest BCUT2D eigenvalue weighted by Crippen LogP contribution is 2.35. The molecular weight excluding hydrogens is 476 g/mol. The molecule has 0 bridgehead atoms. The number of nitrogens with zero attached hydrogens (tertiary/aromatic N) is 3. The molecule has 4 heterocycles. The molecule has 2 saturated heterocycles. The van der Waals surface area contributed by atoms with Crippen LogP contribution in [0.1, 0.15) is 6.42 Å². The molecule has 2 fully saturated rings. The summed E-state index contributed by atoms with van der Waals surface area (Å²) in [7, 11) is 0. The lowest BCUT2D eigenvalue weighted by Gasteiger charge is -2.15. The number of benzene rings is 3. The number of imidazole rings is 1. The van der Waals surface area contributed by atoms with Gasteiger partial charge in [-0.2, -0.15) is 10.1 Å². The Morgan fingerprint density at radius 1 is 0.972 bits per heavy atom. The fraction of sp³-hybridized carbons (Fsp3) is 0.214. The Hall–Kier alpha value is -3.65. The second-order valence-corrected chi connectivity index (χ2v) is 9.53. The predicted octanol–water partition coefficient (Wildman–Crippen LogP) is 5.67. The smallest absolute Gasteiger partial charge is 0.295 e. The maximum absolute atomic E-state index is 6.68. The third-order valence-electron chi connectivity index (χ3n) is 6.90. The van der Waals surface area contributed by atoms with Crippen LogP contribution in [0, 0.1) is 0 Å². The van der Waals surface area contributed by atoms with E-state index >= 15 is 0 Å². The van der Waals surface area contributed by atoms with Crippen LogP contribution in [0.15, 0.2) is 79.1 Å². The number of halogens is 1. The van der Waals surface area contributed by atoms with E-state index < -0.39 is 0 Å². The molecule has 2 aromatic heterocycles. The van der Waals surface area contributed by atoms with E-state index in [4.69, 9.17) is 25.8 Å². The standard InChI is InChI=1S/C28H23ClN4O3/c29-22-15-24-23(31-28(32-24)36-26-16-35-25-10-13-34-27(25)26)14-21(22)19-4-2-17(3-5-19)18-6-8-20(9-7-18)33-12-1-11-30-33/h1-9,11-12,14-15,25-27H,10,13,16H2,(H,31,32)/t25-,26?,27+/m1/s1. The van der Waals surface area contributed by atoms with Crippen molar-refractivity contribution >= 4 is 22.6 Å². The summed E-state index contributed by atoms with van der Waals surface area (Å²) < 4.78 is 19.5. The number of hydrogen-bond donors (Lipinski definition) is 1. The second kappa shape index (κ2) is 8.78. The van der Waals surface area contributed by atoms with Crippen LogP contribution in [0.25, 0.3) is 39.0 Å². The third-order valence-corrected chi connectivity index (χ3v) is 7.21. The van der Waals surface area contributed by atoms with Crippen molar-refractivity contribution in [3.05, 3.63) is 84.1 Å². The molecule has 36 heavy (non-hydrogen) atoms. The predicted molar refractivity (Wildman–Crippen MR) is 138 cm³/mol. The molecule has 5 aromatic rings. The molecule has 0 aliphatic carbocycles. The maximum atomic E-state index is 6.68. The molecule has 7 rings (SSSR count). The number of rotatable bonds is 5. The van der Waals surface area contributed by atoms with Crippen LogP contribution in [0.3, 0.4) is 0 Å². The fourth-order valence-electron chi connectivity index (χ4n) is 5.03. The van der Waals surface area contributed by atoms with Crippen molar-refractivity contribution in [1.29, 1.82) is 0 Å². The summed E-state index contributed by atoms with van der Waals surface area (Å²) in [4.78, 5) is 7.89. The monoisotopic (exact) mass is 498 g/mol. The Kier molecular flexibility index (Phi) is 5.27. The first-order valence-electron chi connectivity index (χ1n) is 12.0. The summed E-state index contributed by atoms with van der Waals surface area (Å²) >= 11 is 6.68. The quantitative estimate of drug-likeness (QED) is 0.338. The lowest BCUT2D eigenvalue weighted by molar-refractivity contribution is 0.0273. The first-order valence-corrected chi connectivity index (χ1v) is 12.4. The average molecular weight is 499 g/mol. The van der Waals surface area contributed by atoms with Gasteiger partial charge >= 0.3 is 0 Å². The number of ether oxygens (including phenoxy) is 3. The van der Waals surface area contributed by atoms with Crippen LogP contribution in [0.2, 0.25) is 5.02 Å². The van der Waals surface area contributed by atoms with Gasteiger partial charge in [0.05, 0.1) is 34.5 Å². The highest BCUT2D eigenvalue weighted by molar-refractivity contribution is 6.34. The zero-order valence-electron chi connectivity index (χ0n) is 19.3. The van der Waals surface area contributed by atoms with Crippen LogP contribution >= 0.6 is 11.6 Å². The van der Waals surface area contributed by atoms with Gasteiger partial charge in [0.1, 0.15) is 6.10 Å². The number of aromatic amines is 1. The number of H-pyrrole nitrogens is 1. The van der Waals surface area contributed by atoms with Crippen molar-refractivity contribution in [2.75, 3.05) is 13.2 Å². The van der Waals surface area contributed by atoms with Gasteiger partial charge in [-0.1, -0.05) is 48.0 Å². The molecule has 3 atom stereocenters. The molecule has 7 nitrogen and oxygen atoms in total. The maximum Gasteiger partial charge on any atom is 0.295 e. The molecule has 2 aliphatic rings. The van der Waals surface area contributed by atoms with Crippen LogP contribution < -0.4 is 4.74 Å². The third kappa shape index (κ3) is 3.86. The summed E-state index contributed by atoms with van der Waals surface area (Å²) in [5, 5.41) is 4.93. The average Bonchev–Trinajstić information content (AvgIpc) is 3.70. The molecule has 0 saturated carbocycles. The lowest BCUT2D eigenvalue weighted by atomic mass is 10.00. The van der Waals surface area contributed by atoms with Gasteiger partial charge < -0.3 is 19.2 Å². The van der Waals surface area contributed by atoms with Crippen molar-refractivity contribution < 1.29 is 14.2 Å². The zero-order valence-corrected chi connectivity index (χ0v) is 20.1. The summed E-state index contributed by atoms with van der Waals surface area (Å²) in [6, 6.07) is 23.0. The van der Waals surface area contributed by atoms with E-state index in [-0.39, 0.29) is 18.3 Å². The molecule has 0 amide bonds. The topological polar surface area (TPSA) is 74.2 Å². The number of nitrogens with one attached hydrogen (secondary N) is 1. The van der Waals surface area contributed by atoms with Crippen LogP contribution in [-0.4, -0.2) is 51.3 Å². The second-order valence-electron chi connectivity index (χ2n) is 9.12. The van der Waals surface area contributed by atoms with Crippen molar-refractivity contribution in [3.63, 3.8) is 0 Å². The van der Waals surface area contributed by atoms with Crippen LogP contribution in [0.5, 0.6) is 6.01 Å². The highest BCUT2D eigenvalue weighted by atomic mass is 35.5. The molecular formula is C28H23ClN4O3. The molecule has 180 valence electrons. The van der Waals surface area contributed by atoms with E-state index in [1.54, 1.807) is 6.20 Å². The number of hydrogen-bond acceptors (Lipinski definition) is 5. The summed E-state index contributed by atoms with van der Waals surface area (Å²) in [5.74, 6) is 0. The van der Waals surface area contributed by atoms with Crippen molar-refractivity contribution in [2.24, 2.45) is 0 Å². The lowest BCUT2D eigenvalue weighted by Crippen LogP contribution is -2.32. The van der Waals surface area contributed by atoms with E-state index in [9.17, 15) is 0 Å². The first-order chi connectivity index (χ1) is 17.7. The van der Waals surface area contributed by atoms with Gasteiger partial charge in [0.25, 0.3) is 6.01 Å². The van der Waals surface area contributed by atoms with Gasteiger partial charge in [-0.15, -0.1) is 0 Å². The molecule has 8 heteroatoms.